The van der Waals surface area contributed by atoms with Gasteiger partial charge < -0.3 is 5.11 Å². The van der Waals surface area contributed by atoms with E-state index in [1.54, 1.807) is 18.2 Å². The van der Waals surface area contributed by atoms with Gasteiger partial charge in [0, 0.05) is 16.7 Å². The van der Waals surface area contributed by atoms with Gasteiger partial charge in [0.2, 0.25) is 5.88 Å². The van der Waals surface area contributed by atoms with Gasteiger partial charge in [-0.15, -0.1) is 0 Å². The van der Waals surface area contributed by atoms with E-state index in [1.807, 2.05) is 74.5 Å². The average molecular weight is 435 g/mol. The zero-order valence-corrected chi connectivity index (χ0v) is 18.2. The molecule has 0 amide bonds. The third kappa shape index (κ3) is 3.51. The van der Waals surface area contributed by atoms with Crippen LogP contribution < -0.4 is 11.2 Å². The molecule has 0 saturated carbocycles. The van der Waals surface area contributed by atoms with Crippen LogP contribution in [0.4, 0.5) is 5.69 Å². The fourth-order valence-electron chi connectivity index (χ4n) is 3.99. The molecule has 0 aliphatic carbocycles. The van der Waals surface area contributed by atoms with E-state index in [1.165, 1.54) is 0 Å². The summed E-state index contributed by atoms with van der Waals surface area (Å²) in [7, 11) is 0. The summed E-state index contributed by atoms with van der Waals surface area (Å²) in [4.78, 5) is 32.5. The maximum absolute atomic E-state index is 12.8. The van der Waals surface area contributed by atoms with Crippen molar-refractivity contribution in [2.45, 2.75) is 13.8 Å². The van der Waals surface area contributed by atoms with Crippen molar-refractivity contribution in [1.82, 2.24) is 9.55 Å². The monoisotopic (exact) mass is 435 g/mol. The SMILES string of the molecule is Cc1ccc(-n2c(O)c(C=C3C(c4ccccc4)=Nc4ccccc43)c(=O)[nH]c2=O)cc1C. The van der Waals surface area contributed by atoms with Gasteiger partial charge in [-0.2, -0.15) is 0 Å². The Bertz CT molecular complexity index is 1570. The maximum Gasteiger partial charge on any atom is 0.335 e. The summed E-state index contributed by atoms with van der Waals surface area (Å²) in [6, 6.07) is 22.7. The number of aromatic amines is 1. The zero-order chi connectivity index (χ0) is 23.1. The molecule has 1 aliphatic heterocycles. The number of aromatic nitrogens is 2. The van der Waals surface area contributed by atoms with Crippen LogP contribution in [0.15, 0.2) is 87.4 Å². The maximum atomic E-state index is 12.8. The highest BCUT2D eigenvalue weighted by atomic mass is 16.3. The molecule has 1 aromatic heterocycles. The number of para-hydroxylation sites is 1. The Balaban J connectivity index is 1.75. The van der Waals surface area contributed by atoms with E-state index in [0.29, 0.717) is 17.0 Å². The molecule has 1 aliphatic rings. The predicted octanol–water partition coefficient (Wildman–Crippen LogP) is 4.52. The first-order valence-corrected chi connectivity index (χ1v) is 10.6. The smallest absolute Gasteiger partial charge is 0.335 e. The van der Waals surface area contributed by atoms with Crippen LogP contribution in [0.1, 0.15) is 27.8 Å². The van der Waals surface area contributed by atoms with Crippen LogP contribution in [0.2, 0.25) is 0 Å². The number of rotatable bonds is 3. The lowest BCUT2D eigenvalue weighted by atomic mass is 9.96. The Morgan fingerprint density at radius 2 is 1.64 bits per heavy atom. The Morgan fingerprint density at radius 3 is 2.39 bits per heavy atom. The van der Waals surface area contributed by atoms with Crippen LogP contribution in [-0.4, -0.2) is 20.4 Å². The molecule has 5 rings (SSSR count). The molecule has 4 aromatic rings. The van der Waals surface area contributed by atoms with Crippen molar-refractivity contribution in [3.8, 4) is 11.6 Å². The molecule has 6 heteroatoms. The van der Waals surface area contributed by atoms with Gasteiger partial charge in [0.25, 0.3) is 5.56 Å². The number of nitrogens with one attached hydrogen (secondary N) is 1. The Labute approximate surface area is 189 Å². The topological polar surface area (TPSA) is 87.4 Å². The fourth-order valence-corrected chi connectivity index (χ4v) is 3.99. The molecular weight excluding hydrogens is 414 g/mol. The Kier molecular flexibility index (Phi) is 4.90. The van der Waals surface area contributed by atoms with Crippen LogP contribution in [0.3, 0.4) is 0 Å². The number of benzene rings is 3. The van der Waals surface area contributed by atoms with Gasteiger partial charge in [0.1, 0.15) is 5.56 Å². The molecule has 0 saturated heterocycles. The van der Waals surface area contributed by atoms with Crippen molar-refractivity contribution >= 4 is 23.0 Å². The standard InChI is InChI=1S/C27H21N3O3/c1-16-12-13-19(14-17(16)2)30-26(32)22(25(31)29-27(30)33)15-21-20-10-6-7-11-23(20)28-24(21)18-8-4-3-5-9-18/h3-15,32H,1-2H3,(H,29,31,33). The van der Waals surface area contributed by atoms with Gasteiger partial charge in [0.15, 0.2) is 0 Å². The van der Waals surface area contributed by atoms with Crippen LogP contribution in [-0.2, 0) is 0 Å². The molecule has 0 radical (unpaired) electrons. The first-order valence-electron chi connectivity index (χ1n) is 10.6. The molecule has 6 nitrogen and oxygen atoms in total. The summed E-state index contributed by atoms with van der Waals surface area (Å²) in [5.74, 6) is -0.420. The van der Waals surface area contributed by atoms with E-state index in [4.69, 9.17) is 4.99 Å². The minimum Gasteiger partial charge on any atom is -0.494 e. The summed E-state index contributed by atoms with van der Waals surface area (Å²) in [6.07, 6.45) is 1.60. The van der Waals surface area contributed by atoms with Gasteiger partial charge in [-0.25, -0.2) is 14.4 Å². The van der Waals surface area contributed by atoms with E-state index in [0.717, 1.165) is 32.5 Å². The molecule has 162 valence electrons. The first kappa shape index (κ1) is 20.5. The minimum absolute atomic E-state index is 0.0110. The lowest BCUT2D eigenvalue weighted by molar-refractivity contribution is 0.429. The van der Waals surface area contributed by atoms with E-state index >= 15 is 0 Å². The molecule has 2 heterocycles. The van der Waals surface area contributed by atoms with Crippen LogP contribution in [0.25, 0.3) is 17.3 Å². The summed E-state index contributed by atoms with van der Waals surface area (Å²) in [6.45, 7) is 3.89. The number of aliphatic imine (C=N–C) groups is 1. The number of allylic oxidation sites excluding steroid dienone is 1. The second-order valence-corrected chi connectivity index (χ2v) is 8.00. The highest BCUT2D eigenvalue weighted by molar-refractivity contribution is 6.39. The van der Waals surface area contributed by atoms with Crippen LogP contribution in [0.5, 0.6) is 5.88 Å². The number of hydrogen-bond acceptors (Lipinski definition) is 4. The van der Waals surface area contributed by atoms with Crippen molar-refractivity contribution in [2.75, 3.05) is 0 Å². The number of aromatic hydroxyl groups is 1. The third-order valence-electron chi connectivity index (χ3n) is 5.89. The number of H-pyrrole nitrogens is 1. The molecular formula is C27H21N3O3. The zero-order valence-electron chi connectivity index (χ0n) is 18.2. The number of nitrogens with zero attached hydrogens (tertiary/aromatic N) is 2. The summed E-state index contributed by atoms with van der Waals surface area (Å²) < 4.78 is 1.11. The highest BCUT2D eigenvalue weighted by Crippen LogP contribution is 2.38. The average Bonchev–Trinajstić information content (AvgIpc) is 3.18. The van der Waals surface area contributed by atoms with E-state index in [9.17, 15) is 14.7 Å². The van der Waals surface area contributed by atoms with E-state index in [2.05, 4.69) is 4.98 Å². The molecule has 33 heavy (non-hydrogen) atoms. The Hall–Kier alpha value is -4.45. The van der Waals surface area contributed by atoms with Gasteiger partial charge in [-0.3, -0.25) is 9.78 Å². The van der Waals surface area contributed by atoms with Crippen molar-refractivity contribution in [1.29, 1.82) is 0 Å². The Morgan fingerprint density at radius 1 is 0.909 bits per heavy atom. The largest absolute Gasteiger partial charge is 0.494 e. The van der Waals surface area contributed by atoms with Gasteiger partial charge in [-0.1, -0.05) is 54.6 Å². The normalized spacial score (nSPS) is 13.8. The molecule has 0 unspecified atom stereocenters. The summed E-state index contributed by atoms with van der Waals surface area (Å²) in [5.41, 5.74) is 5.02. The predicted molar refractivity (Wildman–Crippen MR) is 131 cm³/mol. The highest BCUT2D eigenvalue weighted by Gasteiger charge is 2.24. The second kappa shape index (κ2) is 7.91. The van der Waals surface area contributed by atoms with E-state index < -0.39 is 17.1 Å². The second-order valence-electron chi connectivity index (χ2n) is 8.00. The lowest BCUT2D eigenvalue weighted by Gasteiger charge is -2.12. The van der Waals surface area contributed by atoms with Gasteiger partial charge >= 0.3 is 5.69 Å². The van der Waals surface area contributed by atoms with Crippen molar-refractivity contribution in [3.63, 3.8) is 0 Å². The first-order chi connectivity index (χ1) is 15.9. The number of hydrogen-bond donors (Lipinski definition) is 2. The third-order valence-corrected chi connectivity index (χ3v) is 5.89. The van der Waals surface area contributed by atoms with Crippen molar-refractivity contribution < 1.29 is 5.11 Å². The molecule has 0 spiro atoms. The van der Waals surface area contributed by atoms with Gasteiger partial charge in [0.05, 0.1) is 17.1 Å². The fraction of sp³-hybridized carbons (Fsp3) is 0.0741. The molecule has 0 bridgehead atoms. The van der Waals surface area contributed by atoms with E-state index in [-0.39, 0.29) is 5.56 Å². The van der Waals surface area contributed by atoms with Crippen molar-refractivity contribution in [3.05, 3.63) is 121 Å². The number of aryl methyl sites for hydroxylation is 2. The molecule has 2 N–H and O–H groups in total. The quantitative estimate of drug-likeness (QED) is 0.496. The molecule has 0 atom stereocenters. The molecule has 3 aromatic carbocycles. The summed E-state index contributed by atoms with van der Waals surface area (Å²) in [5, 5.41) is 11.1. The minimum atomic E-state index is -0.702. The van der Waals surface area contributed by atoms with Crippen LogP contribution >= 0.6 is 0 Å². The number of fused-ring (bicyclic) bond motifs is 1. The van der Waals surface area contributed by atoms with Crippen LogP contribution in [0, 0.1) is 13.8 Å². The summed E-state index contributed by atoms with van der Waals surface area (Å²) >= 11 is 0. The lowest BCUT2D eigenvalue weighted by Crippen LogP contribution is -2.30. The van der Waals surface area contributed by atoms with Gasteiger partial charge in [-0.05, 0) is 49.2 Å². The van der Waals surface area contributed by atoms with Crippen molar-refractivity contribution in [2.24, 2.45) is 4.99 Å². The molecule has 0 fully saturated rings.